The minimum atomic E-state index is -3.32. The summed E-state index contributed by atoms with van der Waals surface area (Å²) in [6.45, 7) is 12.4. The summed E-state index contributed by atoms with van der Waals surface area (Å²) in [4.78, 5) is 0. The van der Waals surface area contributed by atoms with E-state index >= 15 is 0 Å². The van der Waals surface area contributed by atoms with Crippen LogP contribution in [0.25, 0.3) is 0 Å². The second-order valence-electron chi connectivity index (χ2n) is 8.80. The van der Waals surface area contributed by atoms with Crippen LogP contribution in [0, 0.1) is 17.8 Å². The molecule has 1 aliphatic heterocycles. The second-order valence-corrected chi connectivity index (χ2v) is 10.7. The molecular weight excluding hydrogens is 334 g/mol. The Morgan fingerprint density at radius 3 is 1.92 bits per heavy atom. The van der Waals surface area contributed by atoms with E-state index in [1.807, 2.05) is 0 Å². The van der Waals surface area contributed by atoms with Crippen LogP contribution in [0.3, 0.4) is 0 Å². The first-order valence-electron chi connectivity index (χ1n) is 10.3. The Morgan fingerprint density at radius 2 is 1.48 bits per heavy atom. The third-order valence-electron chi connectivity index (χ3n) is 5.41. The van der Waals surface area contributed by atoms with Gasteiger partial charge in [-0.1, -0.05) is 27.7 Å². The normalized spacial score (nSPS) is 20.9. The van der Waals surface area contributed by atoms with Gasteiger partial charge < -0.3 is 5.32 Å². The van der Waals surface area contributed by atoms with Gasteiger partial charge in [0.25, 0.3) is 10.2 Å². The first kappa shape index (κ1) is 21.1. The molecule has 0 aromatic heterocycles. The summed E-state index contributed by atoms with van der Waals surface area (Å²) in [5.41, 5.74) is 0. The lowest BCUT2D eigenvalue weighted by Gasteiger charge is -2.35. The highest BCUT2D eigenvalue weighted by molar-refractivity contribution is 7.86. The summed E-state index contributed by atoms with van der Waals surface area (Å²) < 4.78 is 29.7. The van der Waals surface area contributed by atoms with Crippen molar-refractivity contribution in [3.05, 3.63) is 0 Å². The third-order valence-corrected chi connectivity index (χ3v) is 7.45. The van der Waals surface area contributed by atoms with Gasteiger partial charge in [-0.25, -0.2) is 0 Å². The maximum absolute atomic E-state index is 13.1. The molecule has 0 atom stereocenters. The van der Waals surface area contributed by atoms with E-state index in [1.54, 1.807) is 8.61 Å². The number of hydrogen-bond acceptors (Lipinski definition) is 3. The minimum absolute atomic E-state index is 0.492. The highest BCUT2D eigenvalue weighted by Gasteiger charge is 2.33. The summed E-state index contributed by atoms with van der Waals surface area (Å²) in [6.07, 6.45) is 6.46. The third kappa shape index (κ3) is 7.16. The minimum Gasteiger partial charge on any atom is -0.314 e. The summed E-state index contributed by atoms with van der Waals surface area (Å²) in [5.74, 6) is 1.92. The Morgan fingerprint density at radius 1 is 0.960 bits per heavy atom. The quantitative estimate of drug-likeness (QED) is 0.605. The van der Waals surface area contributed by atoms with Gasteiger partial charge in [0, 0.05) is 32.2 Å². The van der Waals surface area contributed by atoms with Gasteiger partial charge in [0.15, 0.2) is 0 Å². The van der Waals surface area contributed by atoms with Crippen molar-refractivity contribution in [2.24, 2.45) is 17.8 Å². The predicted octanol–water partition coefficient (Wildman–Crippen LogP) is 3.09. The average molecular weight is 374 g/mol. The molecular formula is C19H39N3O2S. The van der Waals surface area contributed by atoms with Crippen molar-refractivity contribution in [3.63, 3.8) is 0 Å². The van der Waals surface area contributed by atoms with Crippen molar-refractivity contribution in [3.8, 4) is 0 Å². The fourth-order valence-electron chi connectivity index (χ4n) is 3.26. The molecule has 5 nitrogen and oxygen atoms in total. The number of piperidine rings is 1. The van der Waals surface area contributed by atoms with Crippen molar-refractivity contribution in [2.45, 2.75) is 72.3 Å². The maximum Gasteiger partial charge on any atom is 0.281 e. The van der Waals surface area contributed by atoms with Gasteiger partial charge in [-0.15, -0.1) is 0 Å². The van der Waals surface area contributed by atoms with Crippen LogP contribution in [0.2, 0.25) is 0 Å². The summed E-state index contributed by atoms with van der Waals surface area (Å²) in [5, 5.41) is 3.63. The maximum atomic E-state index is 13.1. The SMILES string of the molecule is CC(C)CCN(CCC(C)C)S(=O)(=O)N1CCC(NCC2CC2)CC1. The molecule has 148 valence electrons. The average Bonchev–Trinajstić information content (AvgIpc) is 3.37. The summed E-state index contributed by atoms with van der Waals surface area (Å²) in [7, 11) is -3.32. The zero-order chi connectivity index (χ0) is 18.4. The Kier molecular flexibility index (Phi) is 8.18. The van der Waals surface area contributed by atoms with E-state index < -0.39 is 10.2 Å². The van der Waals surface area contributed by atoms with Gasteiger partial charge in [-0.2, -0.15) is 17.0 Å². The van der Waals surface area contributed by atoms with Crippen molar-refractivity contribution in [1.29, 1.82) is 0 Å². The molecule has 0 aromatic carbocycles. The van der Waals surface area contributed by atoms with E-state index in [9.17, 15) is 8.42 Å². The van der Waals surface area contributed by atoms with Crippen LogP contribution in [-0.2, 0) is 10.2 Å². The van der Waals surface area contributed by atoms with Crippen LogP contribution in [0.4, 0.5) is 0 Å². The number of nitrogens with one attached hydrogen (secondary N) is 1. The van der Waals surface area contributed by atoms with Crippen LogP contribution >= 0.6 is 0 Å². The van der Waals surface area contributed by atoms with Crippen molar-refractivity contribution in [2.75, 3.05) is 32.7 Å². The lowest BCUT2D eigenvalue weighted by atomic mass is 10.1. The van der Waals surface area contributed by atoms with Crippen molar-refractivity contribution in [1.82, 2.24) is 13.9 Å². The van der Waals surface area contributed by atoms with E-state index in [-0.39, 0.29) is 0 Å². The summed E-state index contributed by atoms with van der Waals surface area (Å²) in [6, 6.07) is 0.492. The Labute approximate surface area is 155 Å². The molecule has 0 radical (unpaired) electrons. The van der Waals surface area contributed by atoms with Crippen molar-refractivity contribution >= 4 is 10.2 Å². The molecule has 6 heteroatoms. The monoisotopic (exact) mass is 373 g/mol. The Bertz CT molecular complexity index is 469. The van der Waals surface area contributed by atoms with E-state index in [0.29, 0.717) is 44.1 Å². The Hall–Kier alpha value is -0.170. The molecule has 1 aliphatic carbocycles. The number of hydrogen-bond donors (Lipinski definition) is 1. The number of nitrogens with zero attached hydrogens (tertiary/aromatic N) is 2. The molecule has 2 fully saturated rings. The highest BCUT2D eigenvalue weighted by atomic mass is 32.2. The molecule has 2 rings (SSSR count). The molecule has 1 saturated heterocycles. The zero-order valence-electron chi connectivity index (χ0n) is 16.7. The standard InChI is InChI=1S/C19H39N3O2S/c1-16(2)7-11-21(12-8-17(3)4)25(23,24)22-13-9-19(10-14-22)20-15-18-5-6-18/h16-20H,5-15H2,1-4H3. The molecule has 0 bridgehead atoms. The highest BCUT2D eigenvalue weighted by Crippen LogP contribution is 2.28. The van der Waals surface area contributed by atoms with E-state index in [4.69, 9.17) is 0 Å². The van der Waals surface area contributed by atoms with Gasteiger partial charge in [0.2, 0.25) is 0 Å². The smallest absolute Gasteiger partial charge is 0.281 e. The van der Waals surface area contributed by atoms with Gasteiger partial charge in [0.1, 0.15) is 0 Å². The summed E-state index contributed by atoms with van der Waals surface area (Å²) >= 11 is 0. The zero-order valence-corrected chi connectivity index (χ0v) is 17.5. The lowest BCUT2D eigenvalue weighted by Crippen LogP contribution is -2.50. The van der Waals surface area contributed by atoms with E-state index in [0.717, 1.165) is 38.1 Å². The first-order chi connectivity index (χ1) is 11.8. The second kappa shape index (κ2) is 9.67. The molecule has 25 heavy (non-hydrogen) atoms. The molecule has 2 aliphatic rings. The van der Waals surface area contributed by atoms with Gasteiger partial charge in [-0.3, -0.25) is 0 Å². The van der Waals surface area contributed by atoms with Crippen LogP contribution < -0.4 is 5.32 Å². The van der Waals surface area contributed by atoms with E-state index in [2.05, 4.69) is 33.0 Å². The topological polar surface area (TPSA) is 52.7 Å². The van der Waals surface area contributed by atoms with Crippen LogP contribution in [0.1, 0.15) is 66.2 Å². The molecule has 0 aromatic rings. The molecule has 1 saturated carbocycles. The van der Waals surface area contributed by atoms with E-state index in [1.165, 1.54) is 12.8 Å². The van der Waals surface area contributed by atoms with Crippen LogP contribution in [-0.4, -0.2) is 55.8 Å². The molecule has 1 N–H and O–H groups in total. The lowest BCUT2D eigenvalue weighted by molar-refractivity contribution is 0.259. The first-order valence-corrected chi connectivity index (χ1v) is 11.7. The van der Waals surface area contributed by atoms with Crippen molar-refractivity contribution < 1.29 is 8.42 Å². The van der Waals surface area contributed by atoms with Crippen LogP contribution in [0.15, 0.2) is 0 Å². The van der Waals surface area contributed by atoms with Crippen LogP contribution in [0.5, 0.6) is 0 Å². The molecule has 0 unspecified atom stereocenters. The van der Waals surface area contributed by atoms with Gasteiger partial charge in [-0.05, 0) is 62.8 Å². The number of rotatable bonds is 11. The fourth-order valence-corrected chi connectivity index (χ4v) is 4.93. The molecule has 0 spiro atoms. The Balaban J connectivity index is 1.88. The predicted molar refractivity (Wildman–Crippen MR) is 105 cm³/mol. The largest absolute Gasteiger partial charge is 0.314 e. The van der Waals surface area contributed by atoms with Gasteiger partial charge >= 0.3 is 0 Å². The van der Waals surface area contributed by atoms with Gasteiger partial charge in [0.05, 0.1) is 0 Å². The fraction of sp³-hybridized carbons (Fsp3) is 1.00. The molecule has 1 heterocycles. The molecule has 0 amide bonds.